The Hall–Kier alpha value is -0.870. The number of sulfone groups is 1. The Bertz CT molecular complexity index is 500. The summed E-state index contributed by atoms with van der Waals surface area (Å²) in [7, 11) is -3.08. The minimum Gasteiger partial charge on any atom is -0.299 e. The Labute approximate surface area is 130 Å². The molecule has 0 bridgehead atoms. The second kappa shape index (κ2) is 8.54. The van der Waals surface area contributed by atoms with Crippen molar-refractivity contribution in [2.45, 2.75) is 51.5 Å². The number of benzene rings is 1. The number of piperidine rings is 1. The van der Waals surface area contributed by atoms with E-state index in [0.29, 0.717) is 4.90 Å². The Kier molecular flexibility index (Phi) is 7.40. The molecule has 120 valence electrons. The monoisotopic (exact) mass is 311 g/mol. The summed E-state index contributed by atoms with van der Waals surface area (Å²) in [6, 6.07) is 7.29. The van der Waals surface area contributed by atoms with Gasteiger partial charge in [0.15, 0.2) is 9.84 Å². The molecular weight excluding hydrogens is 282 g/mol. The summed E-state index contributed by atoms with van der Waals surface area (Å²) < 4.78 is 22.8. The van der Waals surface area contributed by atoms with Gasteiger partial charge in [0, 0.05) is 12.8 Å². The van der Waals surface area contributed by atoms with Crippen LogP contribution in [0, 0.1) is 5.92 Å². The lowest BCUT2D eigenvalue weighted by Gasteiger charge is -2.31. The summed E-state index contributed by atoms with van der Waals surface area (Å²) in [6.07, 6.45) is 5.12. The molecule has 0 amide bonds. The van der Waals surface area contributed by atoms with Crippen molar-refractivity contribution in [2.24, 2.45) is 5.92 Å². The van der Waals surface area contributed by atoms with Gasteiger partial charge < -0.3 is 0 Å². The fourth-order valence-electron chi connectivity index (χ4n) is 2.65. The number of hydrogen-bond acceptors (Lipinski definition) is 3. The van der Waals surface area contributed by atoms with Gasteiger partial charge in [-0.2, -0.15) is 0 Å². The van der Waals surface area contributed by atoms with Crippen LogP contribution < -0.4 is 0 Å². The smallest absolute Gasteiger partial charge is 0.175 e. The maximum atomic E-state index is 11.4. The van der Waals surface area contributed by atoms with E-state index in [1.165, 1.54) is 31.1 Å². The lowest BCUT2D eigenvalue weighted by Crippen LogP contribution is -2.32. The highest BCUT2D eigenvalue weighted by atomic mass is 32.2. The summed E-state index contributed by atoms with van der Waals surface area (Å²) >= 11 is 0. The zero-order chi connectivity index (χ0) is 15.9. The van der Waals surface area contributed by atoms with Crippen LogP contribution in [0.4, 0.5) is 0 Å². The average Bonchev–Trinajstić information content (AvgIpc) is 2.50. The molecule has 0 unspecified atom stereocenters. The molecule has 1 aliphatic heterocycles. The van der Waals surface area contributed by atoms with Crippen molar-refractivity contribution < 1.29 is 8.42 Å². The second-order valence-corrected chi connectivity index (χ2v) is 7.56. The van der Waals surface area contributed by atoms with Crippen LogP contribution in [0.3, 0.4) is 0 Å². The van der Waals surface area contributed by atoms with Gasteiger partial charge >= 0.3 is 0 Å². The van der Waals surface area contributed by atoms with Gasteiger partial charge in [0.05, 0.1) is 4.90 Å². The van der Waals surface area contributed by atoms with Crippen molar-refractivity contribution in [1.29, 1.82) is 0 Å². The first-order valence-electron chi connectivity index (χ1n) is 8.00. The first kappa shape index (κ1) is 18.2. The number of likely N-dealkylation sites (tertiary alicyclic amines) is 1. The Morgan fingerprint density at radius 2 is 1.62 bits per heavy atom. The minimum absolute atomic E-state index is 0.404. The molecule has 0 aromatic heterocycles. The molecule has 4 heteroatoms. The molecule has 0 spiro atoms. The van der Waals surface area contributed by atoms with Crippen molar-refractivity contribution >= 4 is 9.84 Å². The molecule has 1 fully saturated rings. The van der Waals surface area contributed by atoms with Gasteiger partial charge in [0.1, 0.15) is 0 Å². The minimum atomic E-state index is -3.08. The summed E-state index contributed by atoms with van der Waals surface area (Å²) in [4.78, 5) is 2.86. The molecule has 1 saturated heterocycles. The van der Waals surface area contributed by atoms with Crippen molar-refractivity contribution in [3.63, 3.8) is 0 Å². The van der Waals surface area contributed by atoms with E-state index in [-0.39, 0.29) is 0 Å². The molecule has 0 N–H and O–H groups in total. The van der Waals surface area contributed by atoms with E-state index in [9.17, 15) is 8.42 Å². The molecular formula is C17H29NO2S. The molecule has 1 aromatic carbocycles. The first-order valence-corrected chi connectivity index (χ1v) is 9.89. The van der Waals surface area contributed by atoms with Crippen molar-refractivity contribution in [1.82, 2.24) is 4.90 Å². The molecule has 21 heavy (non-hydrogen) atoms. The van der Waals surface area contributed by atoms with E-state index < -0.39 is 9.84 Å². The topological polar surface area (TPSA) is 37.4 Å². The number of hydrogen-bond donors (Lipinski definition) is 0. The van der Waals surface area contributed by atoms with Gasteiger partial charge in [0.25, 0.3) is 0 Å². The van der Waals surface area contributed by atoms with E-state index in [0.717, 1.165) is 25.6 Å². The molecule has 0 radical (unpaired) electrons. The standard InChI is InChI=1S/C15H23NO2S.C2H6/c1-3-13-8-10-16(11-9-13)12-14-4-6-15(7-5-14)19(2,17)18;1-2/h4-7,13H,3,8-12H2,1-2H3;1-2H3. The second-order valence-electron chi connectivity index (χ2n) is 5.54. The van der Waals surface area contributed by atoms with E-state index in [1.807, 2.05) is 26.0 Å². The molecule has 0 saturated carbocycles. The van der Waals surface area contributed by atoms with E-state index in [1.54, 1.807) is 12.1 Å². The van der Waals surface area contributed by atoms with Crippen LogP contribution in [0.1, 0.15) is 45.6 Å². The third-order valence-electron chi connectivity index (χ3n) is 4.04. The van der Waals surface area contributed by atoms with Gasteiger partial charge in [-0.15, -0.1) is 0 Å². The molecule has 2 rings (SSSR count). The van der Waals surface area contributed by atoms with Gasteiger partial charge in [-0.05, 0) is 49.5 Å². The Morgan fingerprint density at radius 1 is 1.10 bits per heavy atom. The molecule has 1 aliphatic rings. The highest BCUT2D eigenvalue weighted by molar-refractivity contribution is 7.90. The van der Waals surface area contributed by atoms with Crippen molar-refractivity contribution in [3.05, 3.63) is 29.8 Å². The van der Waals surface area contributed by atoms with Crippen LogP contribution in [0.5, 0.6) is 0 Å². The lowest BCUT2D eigenvalue weighted by molar-refractivity contribution is 0.175. The summed E-state index contributed by atoms with van der Waals surface area (Å²) in [5, 5.41) is 0. The molecule has 0 atom stereocenters. The fraction of sp³-hybridized carbons (Fsp3) is 0.647. The third kappa shape index (κ3) is 5.79. The lowest BCUT2D eigenvalue weighted by atomic mass is 9.94. The molecule has 1 aromatic rings. The normalized spacial score (nSPS) is 17.1. The van der Waals surface area contributed by atoms with E-state index in [4.69, 9.17) is 0 Å². The van der Waals surface area contributed by atoms with Crippen LogP contribution in [-0.4, -0.2) is 32.7 Å². The van der Waals surface area contributed by atoms with Gasteiger partial charge in [-0.1, -0.05) is 39.3 Å². The van der Waals surface area contributed by atoms with Crippen LogP contribution in [0.2, 0.25) is 0 Å². The summed E-state index contributed by atoms with van der Waals surface area (Å²) in [5.41, 5.74) is 1.20. The molecule has 3 nitrogen and oxygen atoms in total. The highest BCUT2D eigenvalue weighted by Gasteiger charge is 2.17. The first-order chi connectivity index (χ1) is 9.99. The van der Waals surface area contributed by atoms with E-state index in [2.05, 4.69) is 11.8 Å². The van der Waals surface area contributed by atoms with Crippen molar-refractivity contribution in [3.8, 4) is 0 Å². The summed E-state index contributed by atoms with van der Waals surface area (Å²) in [6.45, 7) is 9.52. The largest absolute Gasteiger partial charge is 0.299 e. The third-order valence-corrected chi connectivity index (χ3v) is 5.17. The number of nitrogens with zero attached hydrogens (tertiary/aromatic N) is 1. The van der Waals surface area contributed by atoms with E-state index >= 15 is 0 Å². The fourth-order valence-corrected chi connectivity index (χ4v) is 3.28. The Morgan fingerprint density at radius 3 is 2.05 bits per heavy atom. The van der Waals surface area contributed by atoms with Gasteiger partial charge in [0.2, 0.25) is 0 Å². The Balaban J connectivity index is 0.00000106. The zero-order valence-corrected chi connectivity index (χ0v) is 14.6. The summed E-state index contributed by atoms with van der Waals surface area (Å²) in [5.74, 6) is 0.892. The van der Waals surface area contributed by atoms with Crippen LogP contribution >= 0.6 is 0 Å². The average molecular weight is 311 g/mol. The van der Waals surface area contributed by atoms with Gasteiger partial charge in [-0.25, -0.2) is 8.42 Å². The maximum absolute atomic E-state index is 11.4. The quantitative estimate of drug-likeness (QED) is 0.850. The van der Waals surface area contributed by atoms with Gasteiger partial charge in [-0.3, -0.25) is 4.90 Å². The highest BCUT2D eigenvalue weighted by Crippen LogP contribution is 2.21. The van der Waals surface area contributed by atoms with Crippen LogP contribution in [-0.2, 0) is 16.4 Å². The predicted molar refractivity (Wildman–Crippen MR) is 89.2 cm³/mol. The van der Waals surface area contributed by atoms with Crippen molar-refractivity contribution in [2.75, 3.05) is 19.3 Å². The SMILES string of the molecule is CC.CCC1CCN(Cc2ccc(S(C)(=O)=O)cc2)CC1. The predicted octanol–water partition coefficient (Wildman–Crippen LogP) is 3.74. The van der Waals surface area contributed by atoms with Crippen LogP contribution in [0.15, 0.2) is 29.2 Å². The zero-order valence-electron chi connectivity index (χ0n) is 13.8. The number of rotatable bonds is 4. The molecule has 1 heterocycles. The van der Waals surface area contributed by atoms with Crippen LogP contribution in [0.25, 0.3) is 0 Å². The molecule has 0 aliphatic carbocycles. The maximum Gasteiger partial charge on any atom is 0.175 e.